The minimum absolute atomic E-state index is 0.0430. The SMILES string of the molecule is CC1(N2Cc3cc(Cl)ccc3-n3c(nnc3C3CC4(C3)CN(c3nc(C(F)(F)F)ccc3F)C4)C2)CC(F)(F)C1. The minimum atomic E-state index is -4.65. The van der Waals surface area contributed by atoms with E-state index in [1.54, 1.807) is 11.0 Å². The lowest BCUT2D eigenvalue weighted by atomic mass is 9.57. The summed E-state index contributed by atoms with van der Waals surface area (Å²) in [6, 6.07) is 6.99. The number of fused-ring (bicyclic) bond motifs is 3. The first-order valence-electron chi connectivity index (χ1n) is 13.1. The Kier molecular flexibility index (Phi) is 5.44. The van der Waals surface area contributed by atoms with Crippen LogP contribution in [0.25, 0.3) is 5.69 Å². The van der Waals surface area contributed by atoms with Crippen LogP contribution >= 0.6 is 11.6 Å². The molecule has 0 amide bonds. The number of nitrogens with zero attached hydrogens (tertiary/aromatic N) is 6. The molecule has 0 bridgehead atoms. The maximum Gasteiger partial charge on any atom is 0.433 e. The first kappa shape index (κ1) is 26.1. The van der Waals surface area contributed by atoms with E-state index in [4.69, 9.17) is 11.6 Å². The third kappa shape index (κ3) is 4.08. The molecule has 2 saturated carbocycles. The van der Waals surface area contributed by atoms with E-state index in [0.29, 0.717) is 43.1 Å². The van der Waals surface area contributed by atoms with Gasteiger partial charge in [-0.3, -0.25) is 9.47 Å². The highest BCUT2D eigenvalue weighted by atomic mass is 35.5. The molecular weight excluding hydrogens is 558 g/mol. The van der Waals surface area contributed by atoms with Crippen molar-refractivity contribution in [2.45, 2.75) is 69.3 Å². The predicted octanol–water partition coefficient (Wildman–Crippen LogP) is 6.36. The summed E-state index contributed by atoms with van der Waals surface area (Å²) in [7, 11) is 0. The molecule has 1 aromatic carbocycles. The van der Waals surface area contributed by atoms with Gasteiger partial charge in [0.25, 0.3) is 5.92 Å². The van der Waals surface area contributed by atoms with Crippen molar-refractivity contribution in [2.75, 3.05) is 18.0 Å². The molecule has 2 aliphatic carbocycles. The van der Waals surface area contributed by atoms with Gasteiger partial charge in [0.05, 0.1) is 12.2 Å². The smallest absolute Gasteiger partial charge is 0.353 e. The lowest BCUT2D eigenvalue weighted by molar-refractivity contribution is -0.173. The largest absolute Gasteiger partial charge is 0.433 e. The monoisotopic (exact) mass is 582 g/mol. The molecule has 7 rings (SSSR count). The molecule has 4 heterocycles. The topological polar surface area (TPSA) is 50.1 Å². The van der Waals surface area contributed by atoms with Gasteiger partial charge >= 0.3 is 6.18 Å². The van der Waals surface area contributed by atoms with Crippen molar-refractivity contribution < 1.29 is 26.3 Å². The van der Waals surface area contributed by atoms with Crippen molar-refractivity contribution in [1.82, 2.24) is 24.6 Å². The zero-order valence-electron chi connectivity index (χ0n) is 21.4. The van der Waals surface area contributed by atoms with Crippen molar-refractivity contribution in [3.8, 4) is 5.69 Å². The number of anilines is 1. The second-order valence-electron chi connectivity index (χ2n) is 12.1. The average molecular weight is 583 g/mol. The Morgan fingerprint density at radius 1 is 1.00 bits per heavy atom. The fourth-order valence-electron chi connectivity index (χ4n) is 7.11. The molecule has 3 fully saturated rings. The van der Waals surface area contributed by atoms with Crippen molar-refractivity contribution in [3.63, 3.8) is 0 Å². The number of hydrogen-bond donors (Lipinski definition) is 0. The summed E-state index contributed by atoms with van der Waals surface area (Å²) in [6.07, 6.45) is -3.65. The van der Waals surface area contributed by atoms with E-state index in [2.05, 4.69) is 15.2 Å². The molecule has 3 aromatic rings. The Bertz CT molecular complexity index is 1500. The number of benzene rings is 1. The molecule has 0 N–H and O–H groups in total. The summed E-state index contributed by atoms with van der Waals surface area (Å²) < 4.78 is 83.4. The van der Waals surface area contributed by atoms with Gasteiger partial charge in [-0.1, -0.05) is 11.6 Å². The highest BCUT2D eigenvalue weighted by molar-refractivity contribution is 6.30. The predicted molar refractivity (Wildman–Crippen MR) is 134 cm³/mol. The van der Waals surface area contributed by atoms with Crippen LogP contribution in [0.3, 0.4) is 0 Å². The molecule has 212 valence electrons. The van der Waals surface area contributed by atoms with E-state index in [0.717, 1.165) is 36.0 Å². The van der Waals surface area contributed by atoms with Crippen molar-refractivity contribution >= 4 is 17.4 Å². The summed E-state index contributed by atoms with van der Waals surface area (Å²) >= 11 is 6.32. The van der Waals surface area contributed by atoms with Crippen LogP contribution in [0, 0.1) is 11.2 Å². The first-order chi connectivity index (χ1) is 18.7. The number of pyridine rings is 1. The molecule has 2 aliphatic heterocycles. The standard InChI is InChI=1S/C27H25ClF6N6/c1-24(11-26(30,31)12-24)39-9-15-6-17(28)2-4-19(15)40-21(10-39)36-37-22(40)16-7-25(8-16)13-38(14-25)23-18(29)3-5-20(35-23)27(32,33)34/h2-6,16H,7-14H2,1H3. The third-order valence-corrected chi connectivity index (χ3v) is 9.20. The van der Waals surface area contributed by atoms with Gasteiger partial charge in [0.2, 0.25) is 0 Å². The van der Waals surface area contributed by atoms with Crippen molar-refractivity contribution in [1.29, 1.82) is 0 Å². The van der Waals surface area contributed by atoms with E-state index in [1.807, 2.05) is 28.5 Å². The van der Waals surface area contributed by atoms with Crippen molar-refractivity contribution in [2.24, 2.45) is 5.41 Å². The van der Waals surface area contributed by atoms with Gasteiger partial charge in [0.15, 0.2) is 17.5 Å². The Morgan fingerprint density at radius 2 is 1.73 bits per heavy atom. The summed E-state index contributed by atoms with van der Waals surface area (Å²) in [5.41, 5.74) is -0.187. The fraction of sp³-hybridized carbons (Fsp3) is 0.519. The maximum atomic E-state index is 14.3. The van der Waals surface area contributed by atoms with Gasteiger partial charge in [-0.05, 0) is 55.7 Å². The number of halogens is 7. The van der Waals surface area contributed by atoms with Gasteiger partial charge in [0, 0.05) is 54.4 Å². The zero-order chi connectivity index (χ0) is 28.2. The molecule has 0 atom stereocenters. The summed E-state index contributed by atoms with van der Waals surface area (Å²) in [4.78, 5) is 7.12. The lowest BCUT2D eigenvalue weighted by Gasteiger charge is -2.59. The highest BCUT2D eigenvalue weighted by Crippen LogP contribution is 2.57. The molecule has 0 radical (unpaired) electrons. The van der Waals surface area contributed by atoms with E-state index in [-0.39, 0.29) is 30.0 Å². The van der Waals surface area contributed by atoms with Gasteiger partial charge in [-0.15, -0.1) is 10.2 Å². The number of rotatable bonds is 3. The normalized spacial score (nSPS) is 23.1. The molecule has 0 unspecified atom stereocenters. The first-order valence-corrected chi connectivity index (χ1v) is 13.5. The van der Waals surface area contributed by atoms with Crippen LogP contribution in [-0.4, -0.2) is 49.2 Å². The van der Waals surface area contributed by atoms with Crippen LogP contribution in [0.4, 0.5) is 32.2 Å². The summed E-state index contributed by atoms with van der Waals surface area (Å²) in [5.74, 6) is -2.27. The molecule has 1 saturated heterocycles. The molecule has 6 nitrogen and oxygen atoms in total. The average Bonchev–Trinajstić information content (AvgIpc) is 3.11. The molecule has 13 heteroatoms. The second-order valence-corrected chi connectivity index (χ2v) is 12.5. The van der Waals surface area contributed by atoms with Crippen molar-refractivity contribution in [3.05, 3.63) is 64.1 Å². The lowest BCUT2D eigenvalue weighted by Crippen LogP contribution is -2.62. The number of hydrogen-bond acceptors (Lipinski definition) is 5. The van der Waals surface area contributed by atoms with Gasteiger partial charge < -0.3 is 4.90 Å². The number of alkyl halides is 5. The summed E-state index contributed by atoms with van der Waals surface area (Å²) in [6.45, 7) is 3.47. The van der Waals surface area contributed by atoms with Crippen LogP contribution in [0.5, 0.6) is 0 Å². The maximum absolute atomic E-state index is 14.3. The molecular formula is C27H25ClF6N6. The van der Waals surface area contributed by atoms with E-state index in [9.17, 15) is 26.3 Å². The Labute approximate surface area is 230 Å². The minimum Gasteiger partial charge on any atom is -0.353 e. The quantitative estimate of drug-likeness (QED) is 0.336. The van der Waals surface area contributed by atoms with Gasteiger partial charge in [-0.25, -0.2) is 18.2 Å². The molecule has 2 aromatic heterocycles. The highest BCUT2D eigenvalue weighted by Gasteiger charge is 2.58. The van der Waals surface area contributed by atoms with Crippen LogP contribution in [0.1, 0.15) is 61.4 Å². The molecule has 1 spiro atoms. The van der Waals surface area contributed by atoms with E-state index >= 15 is 0 Å². The molecule has 4 aliphatic rings. The zero-order valence-corrected chi connectivity index (χ0v) is 22.2. The van der Waals surface area contributed by atoms with E-state index in [1.165, 1.54) is 0 Å². The van der Waals surface area contributed by atoms with Gasteiger partial charge in [-0.2, -0.15) is 13.2 Å². The third-order valence-electron chi connectivity index (χ3n) is 8.97. The van der Waals surface area contributed by atoms with Crippen LogP contribution in [0.2, 0.25) is 5.02 Å². The van der Waals surface area contributed by atoms with E-state index < -0.39 is 29.1 Å². The Balaban J connectivity index is 1.12. The number of aromatic nitrogens is 4. The Morgan fingerprint density at radius 3 is 2.40 bits per heavy atom. The fourth-order valence-corrected chi connectivity index (χ4v) is 7.30. The van der Waals surface area contributed by atoms with Crippen LogP contribution in [-0.2, 0) is 19.3 Å². The molecule has 40 heavy (non-hydrogen) atoms. The second kappa shape index (κ2) is 8.34. The van der Waals surface area contributed by atoms with Crippen LogP contribution < -0.4 is 4.90 Å². The van der Waals surface area contributed by atoms with Crippen LogP contribution in [0.15, 0.2) is 30.3 Å². The van der Waals surface area contributed by atoms with Gasteiger partial charge in [0.1, 0.15) is 11.5 Å². The summed E-state index contributed by atoms with van der Waals surface area (Å²) in [5, 5.41) is 9.54. The Hall–Kier alpha value is -2.86.